The molecular weight excluding hydrogens is 226 g/mol. The number of ether oxygens (including phenoxy) is 1. The fourth-order valence-corrected chi connectivity index (χ4v) is 1.95. The molecule has 18 heavy (non-hydrogen) atoms. The third kappa shape index (κ3) is 4.24. The molecule has 0 heterocycles. The number of carbonyl (C=O) groups excluding carboxylic acids is 1. The Kier molecular flexibility index (Phi) is 5.43. The first-order valence-corrected chi connectivity index (χ1v) is 6.11. The first kappa shape index (κ1) is 14.3. The van der Waals surface area contributed by atoms with Crippen LogP contribution in [0.5, 0.6) is 5.75 Å². The summed E-state index contributed by atoms with van der Waals surface area (Å²) in [6, 6.07) is 4.20. The summed E-state index contributed by atoms with van der Waals surface area (Å²) in [5.74, 6) is 0.963. The Labute approximate surface area is 109 Å². The zero-order valence-electron chi connectivity index (χ0n) is 11.5. The van der Waals surface area contributed by atoms with E-state index < -0.39 is 0 Å². The molecule has 0 aliphatic rings. The van der Waals surface area contributed by atoms with Crippen molar-refractivity contribution in [3.05, 3.63) is 34.9 Å². The number of amides is 1. The normalized spacial score (nSPS) is 10.7. The number of carbonyl (C=O) groups is 1. The van der Waals surface area contributed by atoms with Crippen LogP contribution in [0, 0.1) is 13.8 Å². The molecule has 0 unspecified atom stereocenters. The van der Waals surface area contributed by atoms with E-state index in [1.54, 1.807) is 7.11 Å². The van der Waals surface area contributed by atoms with E-state index in [0.29, 0.717) is 6.54 Å². The fourth-order valence-electron chi connectivity index (χ4n) is 1.95. The minimum atomic E-state index is 0.0135. The van der Waals surface area contributed by atoms with Gasteiger partial charge in [0.25, 0.3) is 0 Å². The molecule has 0 aliphatic carbocycles. The smallest absolute Gasteiger partial charge is 0.216 e. The zero-order chi connectivity index (χ0) is 13.5. The molecular formula is C15H21NO2. The highest BCUT2D eigenvalue weighted by Gasteiger charge is 2.03. The van der Waals surface area contributed by atoms with Crippen molar-refractivity contribution in [3.8, 4) is 5.75 Å². The van der Waals surface area contributed by atoms with Crippen molar-refractivity contribution in [3.63, 3.8) is 0 Å². The molecule has 1 aromatic rings. The molecule has 98 valence electrons. The lowest BCUT2D eigenvalue weighted by atomic mass is 10.1. The molecule has 0 fully saturated rings. The van der Waals surface area contributed by atoms with Gasteiger partial charge in [-0.05, 0) is 49.1 Å². The molecule has 0 saturated heterocycles. The summed E-state index contributed by atoms with van der Waals surface area (Å²) in [6.45, 7) is 6.29. The summed E-state index contributed by atoms with van der Waals surface area (Å²) in [4.78, 5) is 10.7. The summed E-state index contributed by atoms with van der Waals surface area (Å²) in [5.41, 5.74) is 3.44. The van der Waals surface area contributed by atoms with E-state index in [4.69, 9.17) is 4.74 Å². The lowest BCUT2D eigenvalue weighted by molar-refractivity contribution is -0.118. The van der Waals surface area contributed by atoms with Crippen molar-refractivity contribution in [2.24, 2.45) is 0 Å². The first-order valence-electron chi connectivity index (χ1n) is 6.11. The maximum atomic E-state index is 10.7. The van der Waals surface area contributed by atoms with Crippen molar-refractivity contribution in [2.45, 2.75) is 27.2 Å². The van der Waals surface area contributed by atoms with E-state index in [9.17, 15) is 4.79 Å². The maximum Gasteiger partial charge on any atom is 0.216 e. The summed E-state index contributed by atoms with van der Waals surface area (Å²) >= 11 is 0. The molecule has 0 aromatic heterocycles. The van der Waals surface area contributed by atoms with Crippen LogP contribution < -0.4 is 10.1 Å². The van der Waals surface area contributed by atoms with E-state index >= 15 is 0 Å². The van der Waals surface area contributed by atoms with Gasteiger partial charge in [0.15, 0.2) is 0 Å². The van der Waals surface area contributed by atoms with Crippen molar-refractivity contribution in [2.75, 3.05) is 13.7 Å². The van der Waals surface area contributed by atoms with Crippen molar-refractivity contribution in [1.82, 2.24) is 5.32 Å². The maximum absolute atomic E-state index is 10.7. The predicted octanol–water partition coefficient (Wildman–Crippen LogP) is 2.85. The Morgan fingerprint density at radius 1 is 1.33 bits per heavy atom. The van der Waals surface area contributed by atoms with Gasteiger partial charge < -0.3 is 10.1 Å². The Bertz CT molecular complexity index is 427. The van der Waals surface area contributed by atoms with Crippen LogP contribution in [0.25, 0.3) is 6.08 Å². The molecule has 3 nitrogen and oxygen atoms in total. The van der Waals surface area contributed by atoms with E-state index in [1.807, 2.05) is 13.8 Å². The summed E-state index contributed by atoms with van der Waals surface area (Å²) < 4.78 is 5.33. The number of methoxy groups -OCH3 is 1. The van der Waals surface area contributed by atoms with Crippen molar-refractivity contribution >= 4 is 12.0 Å². The van der Waals surface area contributed by atoms with Gasteiger partial charge in [0.2, 0.25) is 5.91 Å². The Hall–Kier alpha value is -1.77. The molecule has 0 aliphatic heterocycles. The van der Waals surface area contributed by atoms with Gasteiger partial charge in [0.05, 0.1) is 7.11 Å². The number of rotatable bonds is 5. The first-order chi connectivity index (χ1) is 8.54. The minimum Gasteiger partial charge on any atom is -0.496 e. The molecule has 0 bridgehead atoms. The summed E-state index contributed by atoms with van der Waals surface area (Å²) in [5, 5.41) is 2.76. The SMILES string of the molecule is COc1c(C)cc(C=CCCNC(C)=O)cc1C. The number of hydrogen-bond donors (Lipinski definition) is 1. The van der Waals surface area contributed by atoms with Crippen LogP contribution in [0.1, 0.15) is 30.0 Å². The highest BCUT2D eigenvalue weighted by Crippen LogP contribution is 2.24. The molecule has 0 atom stereocenters. The lowest BCUT2D eigenvalue weighted by Gasteiger charge is -2.09. The predicted molar refractivity (Wildman–Crippen MR) is 74.8 cm³/mol. The van der Waals surface area contributed by atoms with Crippen LogP contribution in [0.4, 0.5) is 0 Å². The van der Waals surface area contributed by atoms with Crippen LogP contribution in [0.2, 0.25) is 0 Å². The van der Waals surface area contributed by atoms with Crippen LogP contribution in [-0.4, -0.2) is 19.6 Å². The largest absolute Gasteiger partial charge is 0.496 e. The molecule has 0 radical (unpaired) electrons. The average Bonchev–Trinajstić information content (AvgIpc) is 2.27. The number of nitrogens with one attached hydrogen (secondary N) is 1. The third-order valence-electron chi connectivity index (χ3n) is 2.68. The molecule has 0 spiro atoms. The standard InChI is InChI=1S/C15H21NO2/c1-11-9-14(10-12(2)15(11)18-4)7-5-6-8-16-13(3)17/h5,7,9-10H,6,8H2,1-4H3,(H,16,17). The van der Waals surface area contributed by atoms with Crippen LogP contribution in [0.15, 0.2) is 18.2 Å². The average molecular weight is 247 g/mol. The lowest BCUT2D eigenvalue weighted by Crippen LogP contribution is -2.20. The summed E-state index contributed by atoms with van der Waals surface area (Å²) in [7, 11) is 1.69. The van der Waals surface area contributed by atoms with E-state index in [2.05, 4.69) is 29.6 Å². The van der Waals surface area contributed by atoms with Crippen LogP contribution in [-0.2, 0) is 4.79 Å². The highest BCUT2D eigenvalue weighted by atomic mass is 16.5. The molecule has 1 aromatic carbocycles. The monoisotopic (exact) mass is 247 g/mol. The van der Waals surface area contributed by atoms with Crippen molar-refractivity contribution in [1.29, 1.82) is 0 Å². The van der Waals surface area contributed by atoms with Gasteiger partial charge in [0, 0.05) is 13.5 Å². The van der Waals surface area contributed by atoms with Crippen LogP contribution in [0.3, 0.4) is 0 Å². The number of benzene rings is 1. The zero-order valence-corrected chi connectivity index (χ0v) is 11.5. The van der Waals surface area contributed by atoms with E-state index in [0.717, 1.165) is 28.9 Å². The van der Waals surface area contributed by atoms with Gasteiger partial charge in [-0.1, -0.05) is 12.2 Å². The van der Waals surface area contributed by atoms with Gasteiger partial charge in [0.1, 0.15) is 5.75 Å². The quantitative estimate of drug-likeness (QED) is 0.812. The second-order valence-electron chi connectivity index (χ2n) is 4.36. The fraction of sp³-hybridized carbons (Fsp3) is 0.400. The molecule has 1 N–H and O–H groups in total. The van der Waals surface area contributed by atoms with Gasteiger partial charge in [-0.2, -0.15) is 0 Å². The minimum absolute atomic E-state index is 0.0135. The van der Waals surface area contributed by atoms with Crippen molar-refractivity contribution < 1.29 is 9.53 Å². The van der Waals surface area contributed by atoms with Gasteiger partial charge in [-0.3, -0.25) is 4.79 Å². The van der Waals surface area contributed by atoms with Gasteiger partial charge >= 0.3 is 0 Å². The molecule has 3 heteroatoms. The second kappa shape index (κ2) is 6.84. The Morgan fingerprint density at radius 2 is 1.94 bits per heavy atom. The number of hydrogen-bond acceptors (Lipinski definition) is 2. The Balaban J connectivity index is 2.62. The number of aryl methyl sites for hydroxylation is 2. The van der Waals surface area contributed by atoms with E-state index in [-0.39, 0.29) is 5.91 Å². The van der Waals surface area contributed by atoms with E-state index in [1.165, 1.54) is 6.92 Å². The molecule has 0 saturated carbocycles. The van der Waals surface area contributed by atoms with Crippen LogP contribution >= 0.6 is 0 Å². The highest BCUT2D eigenvalue weighted by molar-refractivity contribution is 5.72. The summed E-state index contributed by atoms with van der Waals surface area (Å²) in [6.07, 6.45) is 4.97. The second-order valence-corrected chi connectivity index (χ2v) is 4.36. The van der Waals surface area contributed by atoms with Gasteiger partial charge in [-0.15, -0.1) is 0 Å². The topological polar surface area (TPSA) is 38.3 Å². The third-order valence-corrected chi connectivity index (χ3v) is 2.68. The molecule has 1 rings (SSSR count). The Morgan fingerprint density at radius 3 is 2.44 bits per heavy atom. The molecule has 1 amide bonds. The van der Waals surface area contributed by atoms with Gasteiger partial charge in [-0.25, -0.2) is 0 Å².